The van der Waals surface area contributed by atoms with Crippen molar-refractivity contribution in [2.75, 3.05) is 0 Å². The molecule has 0 spiro atoms. The number of ether oxygens (including phenoxy) is 2. The Bertz CT molecular complexity index is 706. The molecule has 1 fully saturated rings. The molecule has 3 aliphatic rings. The van der Waals surface area contributed by atoms with Crippen LogP contribution in [0.5, 0.6) is 0 Å². The van der Waals surface area contributed by atoms with Crippen LogP contribution in [0.15, 0.2) is 36.0 Å². The maximum Gasteiger partial charge on any atom is 0.309 e. The van der Waals surface area contributed by atoms with E-state index in [0.717, 1.165) is 12.8 Å². The minimum absolute atomic E-state index is 0.0634. The third-order valence-corrected chi connectivity index (χ3v) is 6.50. The lowest BCUT2D eigenvalue weighted by molar-refractivity contribution is -0.158. The molecule has 0 amide bonds. The number of rotatable bonds is 5. The van der Waals surface area contributed by atoms with Gasteiger partial charge in [-0.3, -0.25) is 9.59 Å². The van der Waals surface area contributed by atoms with E-state index in [-0.39, 0.29) is 48.1 Å². The normalized spacial score (nSPS) is 38.2. The zero-order valence-corrected chi connectivity index (χ0v) is 17.9. The second kappa shape index (κ2) is 9.29. The molecule has 0 aromatic rings. The Morgan fingerprint density at radius 2 is 2.10 bits per heavy atom. The molecule has 0 bridgehead atoms. The Morgan fingerprint density at radius 1 is 1.34 bits per heavy atom. The molecule has 5 nitrogen and oxygen atoms in total. The first-order chi connectivity index (χ1) is 13.8. The van der Waals surface area contributed by atoms with Crippen molar-refractivity contribution in [2.24, 2.45) is 29.6 Å². The van der Waals surface area contributed by atoms with Gasteiger partial charge in [0.25, 0.3) is 0 Å². The van der Waals surface area contributed by atoms with Crippen LogP contribution in [0, 0.1) is 29.6 Å². The topological polar surface area (TPSA) is 72.8 Å². The van der Waals surface area contributed by atoms with Crippen molar-refractivity contribution < 1.29 is 24.2 Å². The molecule has 0 aromatic carbocycles. The van der Waals surface area contributed by atoms with E-state index in [4.69, 9.17) is 9.47 Å². The van der Waals surface area contributed by atoms with Gasteiger partial charge in [0.05, 0.1) is 18.4 Å². The molecule has 5 heteroatoms. The standard InChI is InChI=1S/C24H34O5/c1-5-15(3)24(27)29-21-11-14(2)10-17-7-6-16(4)20(23(17)21)9-8-19-12-18(25)13-22(26)28-19/h6-10,14-16,18-21,23,25H,5,11-13H2,1-4H3/b9-8+/t14-,15-,16-,18+,19+,20?,21-,23?/m0/s1. The Hall–Kier alpha value is -1.88. The number of esters is 2. The highest BCUT2D eigenvalue weighted by Gasteiger charge is 2.41. The SMILES string of the molecule is CC[C@H](C)C(=O)O[C@H]1C[C@@H](C)C=C2C=C[C@H](C)C(/C=C/[C@@H]3C[C@@H](O)CC(=O)O3)C21. The highest BCUT2D eigenvalue weighted by molar-refractivity contribution is 5.72. The number of hydrogen-bond acceptors (Lipinski definition) is 5. The summed E-state index contributed by atoms with van der Waals surface area (Å²) in [5, 5.41) is 9.86. The minimum atomic E-state index is -0.648. The summed E-state index contributed by atoms with van der Waals surface area (Å²) in [4.78, 5) is 24.2. The van der Waals surface area contributed by atoms with Crippen LogP contribution < -0.4 is 0 Å². The van der Waals surface area contributed by atoms with Crippen LogP contribution >= 0.6 is 0 Å². The highest BCUT2D eigenvalue weighted by Crippen LogP contribution is 2.43. The van der Waals surface area contributed by atoms with E-state index in [1.54, 1.807) is 0 Å². The van der Waals surface area contributed by atoms with Crippen LogP contribution in [0.4, 0.5) is 0 Å². The van der Waals surface area contributed by atoms with E-state index in [9.17, 15) is 14.7 Å². The molecule has 3 rings (SSSR count). The molecule has 1 saturated heterocycles. The first-order valence-corrected chi connectivity index (χ1v) is 10.9. The third-order valence-electron chi connectivity index (χ3n) is 6.50. The molecule has 1 heterocycles. The second-order valence-electron chi connectivity index (χ2n) is 8.99. The van der Waals surface area contributed by atoms with Crippen molar-refractivity contribution in [1.82, 2.24) is 0 Å². The van der Waals surface area contributed by atoms with Crippen molar-refractivity contribution >= 4 is 11.9 Å². The first-order valence-electron chi connectivity index (χ1n) is 10.9. The Kier molecular flexibility index (Phi) is 6.99. The van der Waals surface area contributed by atoms with Crippen molar-refractivity contribution in [1.29, 1.82) is 0 Å². The van der Waals surface area contributed by atoms with Gasteiger partial charge in [0.15, 0.2) is 0 Å². The molecule has 0 saturated carbocycles. The van der Waals surface area contributed by atoms with Crippen LogP contribution in [-0.2, 0) is 19.1 Å². The minimum Gasteiger partial charge on any atom is -0.461 e. The number of allylic oxidation sites excluding steroid dienone is 4. The number of aliphatic hydroxyl groups excluding tert-OH is 1. The van der Waals surface area contributed by atoms with Crippen molar-refractivity contribution in [2.45, 2.75) is 71.7 Å². The van der Waals surface area contributed by atoms with Gasteiger partial charge in [-0.15, -0.1) is 0 Å². The van der Waals surface area contributed by atoms with E-state index < -0.39 is 12.2 Å². The Balaban J connectivity index is 1.82. The lowest BCUT2D eigenvalue weighted by Gasteiger charge is -2.42. The third kappa shape index (κ3) is 5.19. The first kappa shape index (κ1) is 21.8. The van der Waals surface area contributed by atoms with E-state index in [2.05, 4.69) is 38.2 Å². The van der Waals surface area contributed by atoms with Gasteiger partial charge in [0, 0.05) is 12.3 Å². The van der Waals surface area contributed by atoms with Gasteiger partial charge in [-0.1, -0.05) is 52.0 Å². The number of carbonyl (C=O) groups excluding carboxylic acids is 2. The summed E-state index contributed by atoms with van der Waals surface area (Å²) in [5.41, 5.74) is 1.22. The van der Waals surface area contributed by atoms with Crippen LogP contribution in [0.25, 0.3) is 0 Å². The Morgan fingerprint density at radius 3 is 2.79 bits per heavy atom. The maximum absolute atomic E-state index is 12.5. The maximum atomic E-state index is 12.5. The largest absolute Gasteiger partial charge is 0.461 e. The highest BCUT2D eigenvalue weighted by atomic mass is 16.5. The van der Waals surface area contributed by atoms with Crippen molar-refractivity contribution in [3.63, 3.8) is 0 Å². The van der Waals surface area contributed by atoms with Gasteiger partial charge in [0.1, 0.15) is 12.2 Å². The van der Waals surface area contributed by atoms with Crippen molar-refractivity contribution in [3.8, 4) is 0 Å². The smallest absolute Gasteiger partial charge is 0.309 e. The zero-order valence-electron chi connectivity index (χ0n) is 17.9. The van der Waals surface area contributed by atoms with E-state index in [1.165, 1.54) is 5.57 Å². The number of aliphatic hydroxyl groups is 1. The number of hydrogen-bond donors (Lipinski definition) is 1. The average Bonchev–Trinajstić information content (AvgIpc) is 2.65. The molecule has 160 valence electrons. The second-order valence-corrected chi connectivity index (χ2v) is 8.99. The molecule has 29 heavy (non-hydrogen) atoms. The molecule has 1 aliphatic heterocycles. The summed E-state index contributed by atoms with van der Waals surface area (Å²) in [6, 6.07) is 0. The summed E-state index contributed by atoms with van der Waals surface area (Å²) in [6.07, 6.45) is 11.5. The predicted octanol–water partition coefficient (Wildman–Crippen LogP) is 3.97. The van der Waals surface area contributed by atoms with Crippen LogP contribution in [0.3, 0.4) is 0 Å². The van der Waals surface area contributed by atoms with Crippen LogP contribution in [-0.4, -0.2) is 35.4 Å². The van der Waals surface area contributed by atoms with Gasteiger partial charge < -0.3 is 14.6 Å². The van der Waals surface area contributed by atoms with Gasteiger partial charge in [0.2, 0.25) is 0 Å². The van der Waals surface area contributed by atoms with E-state index in [1.807, 2.05) is 19.9 Å². The van der Waals surface area contributed by atoms with Gasteiger partial charge in [-0.2, -0.15) is 0 Å². The van der Waals surface area contributed by atoms with Gasteiger partial charge >= 0.3 is 11.9 Å². The molecule has 0 radical (unpaired) electrons. The quantitative estimate of drug-likeness (QED) is 0.556. The summed E-state index contributed by atoms with van der Waals surface area (Å²) in [6.45, 7) is 8.23. The fourth-order valence-electron chi connectivity index (χ4n) is 4.62. The van der Waals surface area contributed by atoms with Crippen LogP contribution in [0.1, 0.15) is 53.4 Å². The Labute approximate surface area is 173 Å². The summed E-state index contributed by atoms with van der Waals surface area (Å²) in [5.74, 6) is 0.283. The van der Waals surface area contributed by atoms with Gasteiger partial charge in [-0.05, 0) is 42.2 Å². The molecule has 0 aromatic heterocycles. The summed E-state index contributed by atoms with van der Waals surface area (Å²) >= 11 is 0. The molecular formula is C24H34O5. The molecule has 2 aliphatic carbocycles. The number of fused-ring (bicyclic) bond motifs is 1. The fourth-order valence-corrected chi connectivity index (χ4v) is 4.62. The lowest BCUT2D eigenvalue weighted by atomic mass is 9.66. The molecule has 2 unspecified atom stereocenters. The molecular weight excluding hydrogens is 368 g/mol. The molecule has 1 N–H and O–H groups in total. The number of carbonyl (C=O) groups is 2. The fraction of sp³-hybridized carbons (Fsp3) is 0.667. The predicted molar refractivity (Wildman–Crippen MR) is 111 cm³/mol. The summed E-state index contributed by atoms with van der Waals surface area (Å²) in [7, 11) is 0. The summed E-state index contributed by atoms with van der Waals surface area (Å²) < 4.78 is 11.4. The monoisotopic (exact) mass is 402 g/mol. The lowest BCUT2D eigenvalue weighted by Crippen LogP contribution is -2.41. The van der Waals surface area contributed by atoms with E-state index in [0.29, 0.717) is 12.3 Å². The van der Waals surface area contributed by atoms with Gasteiger partial charge in [-0.25, -0.2) is 0 Å². The van der Waals surface area contributed by atoms with Crippen LogP contribution in [0.2, 0.25) is 0 Å². The molecule has 8 atom stereocenters. The van der Waals surface area contributed by atoms with E-state index >= 15 is 0 Å². The van der Waals surface area contributed by atoms with Crippen molar-refractivity contribution in [3.05, 3.63) is 36.0 Å². The zero-order chi connectivity index (χ0) is 21.1. The average molecular weight is 403 g/mol. The number of cyclic esters (lactones) is 1.